The van der Waals surface area contributed by atoms with E-state index in [1.807, 2.05) is 12.1 Å². The Morgan fingerprint density at radius 2 is 1.74 bits per heavy atom. The molecule has 0 saturated carbocycles. The van der Waals surface area contributed by atoms with Crippen molar-refractivity contribution in [3.63, 3.8) is 0 Å². The van der Waals surface area contributed by atoms with E-state index in [4.69, 9.17) is 16.7 Å². The maximum absolute atomic E-state index is 13.0. The predicted molar refractivity (Wildman–Crippen MR) is 73.9 cm³/mol. The maximum atomic E-state index is 13.0. The Hall–Kier alpha value is -1.23. The van der Waals surface area contributed by atoms with Crippen molar-refractivity contribution in [2.75, 3.05) is 0 Å². The van der Waals surface area contributed by atoms with Gasteiger partial charge in [-0.15, -0.1) is 0 Å². The summed E-state index contributed by atoms with van der Waals surface area (Å²) in [4.78, 5) is 0.498. The van der Waals surface area contributed by atoms with Gasteiger partial charge in [0.15, 0.2) is 0 Å². The van der Waals surface area contributed by atoms with Crippen molar-refractivity contribution < 1.29 is 13.7 Å². The van der Waals surface area contributed by atoms with Crippen molar-refractivity contribution in [3.8, 4) is 0 Å². The largest absolute Gasteiger partial charge is 0.392 e. The molecule has 5 heteroatoms. The minimum atomic E-state index is -1.28. The van der Waals surface area contributed by atoms with E-state index in [0.29, 0.717) is 10.6 Å². The smallest absolute Gasteiger partial charge is 0.141 e. The summed E-state index contributed by atoms with van der Waals surface area (Å²) < 4.78 is 25.1. The number of benzene rings is 2. The molecule has 0 aliphatic heterocycles. The van der Waals surface area contributed by atoms with Crippen LogP contribution in [0.15, 0.2) is 47.4 Å². The van der Waals surface area contributed by atoms with Crippen LogP contribution in [0.5, 0.6) is 0 Å². The minimum Gasteiger partial charge on any atom is -0.392 e. The number of hydrogen-bond donors (Lipinski definition) is 1. The molecule has 1 atom stereocenters. The van der Waals surface area contributed by atoms with Crippen LogP contribution in [-0.4, -0.2) is 9.32 Å². The fraction of sp³-hybridized carbons (Fsp3) is 0.143. The summed E-state index contributed by atoms with van der Waals surface area (Å²) in [5.41, 5.74) is 1.69. The van der Waals surface area contributed by atoms with Crippen LogP contribution in [0.3, 0.4) is 0 Å². The molecule has 0 aliphatic carbocycles. The lowest BCUT2D eigenvalue weighted by atomic mass is 10.2. The molecule has 0 fully saturated rings. The summed E-state index contributed by atoms with van der Waals surface area (Å²) in [6.07, 6.45) is 0. The van der Waals surface area contributed by atoms with Crippen molar-refractivity contribution in [3.05, 3.63) is 64.4 Å². The van der Waals surface area contributed by atoms with E-state index in [9.17, 15) is 8.60 Å². The molecule has 0 heterocycles. The Morgan fingerprint density at radius 3 is 2.32 bits per heavy atom. The van der Waals surface area contributed by atoms with E-state index < -0.39 is 16.6 Å². The lowest BCUT2D eigenvalue weighted by Crippen LogP contribution is -1.97. The van der Waals surface area contributed by atoms with Crippen LogP contribution in [0.25, 0.3) is 0 Å². The second-order valence-electron chi connectivity index (χ2n) is 4.04. The van der Waals surface area contributed by atoms with Crippen molar-refractivity contribution in [2.24, 2.45) is 0 Å². The predicted octanol–water partition coefficient (Wildman–Crippen LogP) is 3.28. The van der Waals surface area contributed by atoms with E-state index in [2.05, 4.69) is 0 Å². The standard InChI is InChI=1S/C14H12ClFO2S/c15-13-7-12(5-6-14(13)16)19(18)9-11-3-1-10(8-17)2-4-11/h1-7,17H,8-9H2/t19-/m0/s1. The Labute approximate surface area is 118 Å². The molecule has 0 radical (unpaired) electrons. The molecule has 0 unspecified atom stereocenters. The zero-order valence-electron chi connectivity index (χ0n) is 9.98. The van der Waals surface area contributed by atoms with Crippen LogP contribution >= 0.6 is 11.6 Å². The molecule has 0 spiro atoms. The molecule has 2 nitrogen and oxygen atoms in total. The second-order valence-corrected chi connectivity index (χ2v) is 5.90. The number of hydrogen-bond acceptors (Lipinski definition) is 2. The molecule has 0 bridgehead atoms. The monoisotopic (exact) mass is 298 g/mol. The summed E-state index contributed by atoms with van der Waals surface area (Å²) in [7, 11) is -1.28. The molecule has 2 aromatic rings. The van der Waals surface area contributed by atoms with Crippen LogP contribution in [0.4, 0.5) is 4.39 Å². The molecule has 1 N–H and O–H groups in total. The zero-order valence-corrected chi connectivity index (χ0v) is 11.5. The van der Waals surface area contributed by atoms with E-state index in [-0.39, 0.29) is 11.6 Å². The Balaban J connectivity index is 2.13. The van der Waals surface area contributed by atoms with Crippen LogP contribution in [0, 0.1) is 5.82 Å². The van der Waals surface area contributed by atoms with Gasteiger partial charge in [0.1, 0.15) is 5.82 Å². The average molecular weight is 299 g/mol. The molecule has 0 aliphatic rings. The maximum Gasteiger partial charge on any atom is 0.141 e. The van der Waals surface area contributed by atoms with Gasteiger partial charge in [0.25, 0.3) is 0 Å². The summed E-state index contributed by atoms with van der Waals surface area (Å²) in [5.74, 6) is -0.192. The second kappa shape index (κ2) is 6.28. The molecule has 2 rings (SSSR count). The van der Waals surface area contributed by atoms with Crippen LogP contribution in [0.2, 0.25) is 5.02 Å². The van der Waals surface area contributed by atoms with Gasteiger partial charge in [-0.3, -0.25) is 4.21 Å². The van der Waals surface area contributed by atoms with Gasteiger partial charge < -0.3 is 5.11 Å². The highest BCUT2D eigenvalue weighted by Crippen LogP contribution is 2.20. The number of rotatable bonds is 4. The first-order valence-electron chi connectivity index (χ1n) is 5.62. The van der Waals surface area contributed by atoms with Gasteiger partial charge in [-0.1, -0.05) is 35.9 Å². The highest BCUT2D eigenvalue weighted by Gasteiger charge is 2.08. The van der Waals surface area contributed by atoms with Crippen molar-refractivity contribution in [1.29, 1.82) is 0 Å². The Bertz CT molecular complexity index is 599. The molecular weight excluding hydrogens is 287 g/mol. The Kier molecular flexibility index (Phi) is 4.69. The average Bonchev–Trinajstić information content (AvgIpc) is 2.42. The van der Waals surface area contributed by atoms with Crippen molar-refractivity contribution >= 4 is 22.4 Å². The lowest BCUT2D eigenvalue weighted by molar-refractivity contribution is 0.282. The quantitative estimate of drug-likeness (QED) is 0.940. The van der Waals surface area contributed by atoms with E-state index >= 15 is 0 Å². The molecule has 0 saturated heterocycles. The first-order valence-corrected chi connectivity index (χ1v) is 7.32. The highest BCUT2D eigenvalue weighted by atomic mass is 35.5. The Morgan fingerprint density at radius 1 is 1.11 bits per heavy atom. The van der Waals surface area contributed by atoms with Gasteiger partial charge in [0.05, 0.1) is 28.2 Å². The summed E-state index contributed by atoms with van der Waals surface area (Å²) in [6, 6.07) is 11.3. The third kappa shape index (κ3) is 3.62. The third-order valence-electron chi connectivity index (χ3n) is 2.66. The fourth-order valence-electron chi connectivity index (χ4n) is 1.59. The van der Waals surface area contributed by atoms with E-state index in [1.165, 1.54) is 18.2 Å². The zero-order chi connectivity index (χ0) is 13.8. The van der Waals surface area contributed by atoms with Crippen LogP contribution < -0.4 is 0 Å². The highest BCUT2D eigenvalue weighted by molar-refractivity contribution is 7.84. The first kappa shape index (κ1) is 14.2. The molecule has 2 aromatic carbocycles. The third-order valence-corrected chi connectivity index (χ3v) is 4.32. The van der Waals surface area contributed by atoms with Gasteiger partial charge in [0, 0.05) is 4.90 Å². The summed E-state index contributed by atoms with van der Waals surface area (Å²) in [6.45, 7) is -0.0169. The van der Waals surface area contributed by atoms with Crippen LogP contribution in [-0.2, 0) is 23.2 Å². The first-order chi connectivity index (χ1) is 9.10. The lowest BCUT2D eigenvalue weighted by Gasteiger charge is -2.04. The van der Waals surface area contributed by atoms with Gasteiger partial charge in [-0.05, 0) is 29.3 Å². The summed E-state index contributed by atoms with van der Waals surface area (Å²) >= 11 is 5.66. The van der Waals surface area contributed by atoms with Gasteiger partial charge >= 0.3 is 0 Å². The van der Waals surface area contributed by atoms with Gasteiger partial charge in [0.2, 0.25) is 0 Å². The SMILES string of the molecule is O=[S@@](Cc1ccc(CO)cc1)c1ccc(F)c(Cl)c1. The van der Waals surface area contributed by atoms with E-state index in [0.717, 1.165) is 11.1 Å². The normalized spacial score (nSPS) is 12.4. The fourth-order valence-corrected chi connectivity index (χ4v) is 2.97. The van der Waals surface area contributed by atoms with Crippen molar-refractivity contribution in [2.45, 2.75) is 17.3 Å². The summed E-state index contributed by atoms with van der Waals surface area (Å²) in [5, 5.41) is 8.91. The topological polar surface area (TPSA) is 37.3 Å². The molecule has 0 amide bonds. The van der Waals surface area contributed by atoms with E-state index in [1.54, 1.807) is 12.1 Å². The number of halogens is 2. The molecule has 19 heavy (non-hydrogen) atoms. The van der Waals surface area contributed by atoms with Crippen LogP contribution in [0.1, 0.15) is 11.1 Å². The molecule has 100 valence electrons. The van der Waals surface area contributed by atoms with Gasteiger partial charge in [-0.2, -0.15) is 0 Å². The molecule has 0 aromatic heterocycles. The number of aliphatic hydroxyl groups excluding tert-OH is 1. The number of aliphatic hydroxyl groups is 1. The van der Waals surface area contributed by atoms with Crippen molar-refractivity contribution in [1.82, 2.24) is 0 Å². The van der Waals surface area contributed by atoms with Gasteiger partial charge in [-0.25, -0.2) is 4.39 Å². The minimum absolute atomic E-state index is 0.0169. The molecular formula is C14H12ClFO2S.